The predicted octanol–water partition coefficient (Wildman–Crippen LogP) is 2.48. The van der Waals surface area contributed by atoms with Crippen LogP contribution in [0.4, 0.5) is 5.69 Å². The molecule has 8 heteroatoms. The number of carbonyl (C=O) groups is 1. The summed E-state index contributed by atoms with van der Waals surface area (Å²) in [5.41, 5.74) is -0.399. The van der Waals surface area contributed by atoms with E-state index < -0.39 is 11.5 Å². The Morgan fingerprint density at radius 3 is 2.27 bits per heavy atom. The lowest BCUT2D eigenvalue weighted by Crippen LogP contribution is -2.09. The molecule has 0 heterocycles. The van der Waals surface area contributed by atoms with Gasteiger partial charge in [0.25, 0.3) is 0 Å². The molecule has 0 bridgehead atoms. The first-order valence-electron chi connectivity index (χ1n) is 5.69. The summed E-state index contributed by atoms with van der Waals surface area (Å²) in [5.74, 6) is -0.262. The van der Waals surface area contributed by atoms with Gasteiger partial charge in [0, 0.05) is 6.07 Å². The van der Waals surface area contributed by atoms with Gasteiger partial charge in [0.2, 0.25) is 0 Å². The van der Waals surface area contributed by atoms with Gasteiger partial charge < -0.3 is 14.8 Å². The highest BCUT2D eigenvalue weighted by atomic mass is 79.9. The van der Waals surface area contributed by atoms with Gasteiger partial charge >= 0.3 is 5.97 Å². The van der Waals surface area contributed by atoms with Crippen LogP contribution in [0.5, 0.6) is 5.75 Å². The molecular weight excluding hydrogens is 352 g/mol. The average molecular weight is 361 g/mol. The van der Waals surface area contributed by atoms with Gasteiger partial charge in [-0.05, 0) is 22.0 Å². The first kappa shape index (κ1) is 17.0. The minimum atomic E-state index is -0.654. The lowest BCUT2D eigenvalue weighted by atomic mass is 10.1. The summed E-state index contributed by atoms with van der Waals surface area (Å²) < 4.78 is 10.3. The fourth-order valence-corrected chi connectivity index (χ4v) is 2.02. The Balaban J connectivity index is 3.50. The SMILES string of the molecule is COC(=O)c1cc(Br)c(OC)cc1NC(C#N)=C(C#N)C#N. The summed E-state index contributed by atoms with van der Waals surface area (Å²) >= 11 is 3.24. The fourth-order valence-electron chi connectivity index (χ4n) is 1.51. The van der Waals surface area contributed by atoms with Gasteiger partial charge in [-0.2, -0.15) is 15.8 Å². The molecule has 7 nitrogen and oxygen atoms in total. The van der Waals surface area contributed by atoms with Crippen LogP contribution in [0.2, 0.25) is 0 Å². The van der Waals surface area contributed by atoms with Crippen molar-refractivity contribution < 1.29 is 14.3 Å². The van der Waals surface area contributed by atoms with Gasteiger partial charge in [-0.25, -0.2) is 4.79 Å². The molecule has 0 saturated heterocycles. The molecule has 0 atom stereocenters. The Bertz CT molecular complexity index is 750. The van der Waals surface area contributed by atoms with E-state index in [2.05, 4.69) is 26.0 Å². The standard InChI is InChI=1S/C14H9BrN4O3/c1-21-13-4-11(9(3-10(13)15)14(20)22-2)19-12(7-18)8(5-16)6-17/h3-4,19H,1-2H3. The zero-order chi connectivity index (χ0) is 16.7. The van der Waals surface area contributed by atoms with Crippen molar-refractivity contribution in [3.8, 4) is 24.0 Å². The van der Waals surface area contributed by atoms with Crippen molar-refractivity contribution in [2.75, 3.05) is 19.5 Å². The molecule has 0 spiro atoms. The minimum absolute atomic E-state index is 0.109. The number of anilines is 1. The van der Waals surface area contributed by atoms with E-state index in [4.69, 9.17) is 20.5 Å². The molecule has 0 aliphatic rings. The largest absolute Gasteiger partial charge is 0.495 e. The van der Waals surface area contributed by atoms with Gasteiger partial charge in [-0.15, -0.1) is 0 Å². The fraction of sp³-hybridized carbons (Fsp3) is 0.143. The molecule has 0 aliphatic carbocycles. The average Bonchev–Trinajstić information content (AvgIpc) is 2.54. The predicted molar refractivity (Wildman–Crippen MR) is 79.5 cm³/mol. The lowest BCUT2D eigenvalue weighted by molar-refractivity contribution is 0.0602. The molecule has 22 heavy (non-hydrogen) atoms. The van der Waals surface area contributed by atoms with Crippen LogP contribution in [-0.4, -0.2) is 20.2 Å². The van der Waals surface area contributed by atoms with E-state index >= 15 is 0 Å². The number of ether oxygens (including phenoxy) is 2. The monoisotopic (exact) mass is 360 g/mol. The van der Waals surface area contributed by atoms with Crippen LogP contribution in [0, 0.1) is 34.0 Å². The number of hydrogen-bond donors (Lipinski definition) is 1. The number of carbonyl (C=O) groups excluding carboxylic acids is 1. The van der Waals surface area contributed by atoms with Crippen molar-refractivity contribution in [3.05, 3.63) is 33.4 Å². The molecule has 110 valence electrons. The van der Waals surface area contributed by atoms with Crippen LogP contribution in [0.25, 0.3) is 0 Å². The third-order valence-corrected chi connectivity index (χ3v) is 3.16. The maximum Gasteiger partial charge on any atom is 0.340 e. The number of nitrogens with zero attached hydrogens (tertiary/aromatic N) is 3. The van der Waals surface area contributed by atoms with Crippen molar-refractivity contribution in [2.24, 2.45) is 0 Å². The van der Waals surface area contributed by atoms with Gasteiger partial charge in [0.15, 0.2) is 5.57 Å². The van der Waals surface area contributed by atoms with Crippen LogP contribution in [0.15, 0.2) is 27.9 Å². The molecule has 0 saturated carbocycles. The molecule has 0 amide bonds. The van der Waals surface area contributed by atoms with Gasteiger partial charge in [0.1, 0.15) is 29.7 Å². The number of methoxy groups -OCH3 is 2. The van der Waals surface area contributed by atoms with E-state index in [0.29, 0.717) is 10.2 Å². The zero-order valence-corrected chi connectivity index (χ0v) is 13.2. The molecule has 0 aromatic heterocycles. The maximum atomic E-state index is 11.8. The second-order valence-corrected chi connectivity index (χ2v) is 4.59. The quantitative estimate of drug-likeness (QED) is 0.646. The molecule has 1 rings (SSSR count). The van der Waals surface area contributed by atoms with Crippen molar-refractivity contribution in [1.29, 1.82) is 15.8 Å². The van der Waals surface area contributed by atoms with Crippen LogP contribution >= 0.6 is 15.9 Å². The normalized spacial score (nSPS) is 8.73. The molecule has 1 aromatic rings. The molecule has 0 unspecified atom stereocenters. The molecule has 0 fully saturated rings. The van der Waals surface area contributed by atoms with Crippen LogP contribution in [0.1, 0.15) is 10.4 Å². The van der Waals surface area contributed by atoms with Crippen molar-refractivity contribution in [1.82, 2.24) is 0 Å². The minimum Gasteiger partial charge on any atom is -0.495 e. The summed E-state index contributed by atoms with van der Waals surface area (Å²) in [6.45, 7) is 0. The van der Waals surface area contributed by atoms with Crippen molar-refractivity contribution in [2.45, 2.75) is 0 Å². The zero-order valence-electron chi connectivity index (χ0n) is 11.6. The van der Waals surface area contributed by atoms with Crippen molar-refractivity contribution in [3.63, 3.8) is 0 Å². The Kier molecular flexibility index (Phi) is 5.95. The Hall–Kier alpha value is -3.02. The summed E-state index contributed by atoms with van der Waals surface area (Å²) in [6, 6.07) is 7.80. The van der Waals surface area contributed by atoms with E-state index in [9.17, 15) is 4.79 Å². The number of hydrogen-bond acceptors (Lipinski definition) is 7. The first-order valence-corrected chi connectivity index (χ1v) is 6.49. The Labute approximate surface area is 135 Å². The Morgan fingerprint density at radius 1 is 1.18 bits per heavy atom. The second kappa shape index (κ2) is 7.68. The number of nitrogens with one attached hydrogen (secondary N) is 1. The number of benzene rings is 1. The van der Waals surface area contributed by atoms with Gasteiger partial charge in [0.05, 0.1) is 29.9 Å². The van der Waals surface area contributed by atoms with Gasteiger partial charge in [-0.1, -0.05) is 0 Å². The van der Waals surface area contributed by atoms with E-state index in [-0.39, 0.29) is 16.9 Å². The van der Waals surface area contributed by atoms with E-state index in [0.717, 1.165) is 0 Å². The topological polar surface area (TPSA) is 119 Å². The molecular formula is C14H9BrN4O3. The number of nitriles is 3. The van der Waals surface area contributed by atoms with Crippen LogP contribution in [0.3, 0.4) is 0 Å². The number of rotatable bonds is 4. The summed E-state index contributed by atoms with van der Waals surface area (Å²) in [4.78, 5) is 11.8. The first-order chi connectivity index (χ1) is 10.5. The summed E-state index contributed by atoms with van der Waals surface area (Å²) in [7, 11) is 2.64. The smallest absolute Gasteiger partial charge is 0.340 e. The molecule has 1 aromatic carbocycles. The van der Waals surface area contributed by atoms with E-state index in [1.807, 2.05) is 0 Å². The second-order valence-electron chi connectivity index (χ2n) is 3.73. The lowest BCUT2D eigenvalue weighted by Gasteiger charge is -2.13. The summed E-state index contributed by atoms with van der Waals surface area (Å²) in [6.07, 6.45) is 0. The Morgan fingerprint density at radius 2 is 1.82 bits per heavy atom. The molecule has 0 radical (unpaired) electrons. The molecule has 0 aliphatic heterocycles. The number of halogens is 1. The third kappa shape index (κ3) is 3.54. The highest BCUT2D eigenvalue weighted by Gasteiger charge is 2.18. The maximum absolute atomic E-state index is 11.8. The van der Waals surface area contributed by atoms with Crippen LogP contribution < -0.4 is 10.1 Å². The molecule has 1 N–H and O–H groups in total. The highest BCUT2D eigenvalue weighted by Crippen LogP contribution is 2.32. The summed E-state index contributed by atoms with van der Waals surface area (Å²) in [5, 5.41) is 29.3. The van der Waals surface area contributed by atoms with Crippen LogP contribution in [-0.2, 0) is 4.74 Å². The van der Waals surface area contributed by atoms with Gasteiger partial charge in [-0.3, -0.25) is 0 Å². The van der Waals surface area contributed by atoms with Crippen molar-refractivity contribution >= 4 is 27.6 Å². The van der Waals surface area contributed by atoms with E-state index in [1.54, 1.807) is 18.2 Å². The third-order valence-electron chi connectivity index (χ3n) is 2.54. The van der Waals surface area contributed by atoms with E-state index in [1.165, 1.54) is 26.4 Å². The number of esters is 1. The highest BCUT2D eigenvalue weighted by molar-refractivity contribution is 9.10. The number of allylic oxidation sites excluding steroid dienone is 2.